The predicted octanol–water partition coefficient (Wildman–Crippen LogP) is 5.81. The first-order valence-electron chi connectivity index (χ1n) is 6.05. The highest BCUT2D eigenvalue weighted by Gasteiger charge is 2.18. The van der Waals surface area contributed by atoms with Crippen LogP contribution in [0.5, 0.6) is 0 Å². The lowest BCUT2D eigenvalue weighted by atomic mass is 10.0. The van der Waals surface area contributed by atoms with Crippen LogP contribution in [0.4, 0.5) is 0 Å². The lowest BCUT2D eigenvalue weighted by molar-refractivity contribution is 0.103. The number of ketones is 1. The van der Waals surface area contributed by atoms with Crippen LogP contribution < -0.4 is 0 Å². The fourth-order valence-corrected chi connectivity index (χ4v) is 4.37. The van der Waals surface area contributed by atoms with Crippen LogP contribution in [-0.4, -0.2) is 5.78 Å². The van der Waals surface area contributed by atoms with Crippen LogP contribution in [0.3, 0.4) is 0 Å². The van der Waals surface area contributed by atoms with E-state index in [0.717, 1.165) is 34.8 Å². The molecule has 0 spiro atoms. The Labute approximate surface area is 143 Å². The Bertz CT molecular complexity index is 822. The van der Waals surface area contributed by atoms with Crippen molar-refractivity contribution in [2.45, 2.75) is 6.92 Å². The van der Waals surface area contributed by atoms with Crippen molar-refractivity contribution in [3.63, 3.8) is 0 Å². The Hall–Kier alpha value is -0.720. The molecule has 2 aromatic carbocycles. The molecular weight excluding hydrogens is 447 g/mol. The van der Waals surface area contributed by atoms with Gasteiger partial charge in [0.15, 0.2) is 5.78 Å². The van der Waals surface area contributed by atoms with Crippen molar-refractivity contribution in [1.29, 1.82) is 0 Å². The van der Waals surface area contributed by atoms with Crippen molar-refractivity contribution in [2.24, 2.45) is 0 Å². The van der Waals surface area contributed by atoms with Crippen LogP contribution in [0.15, 0.2) is 46.3 Å². The molecule has 0 radical (unpaired) electrons. The normalized spacial score (nSPS) is 10.9. The maximum atomic E-state index is 12.8. The van der Waals surface area contributed by atoms with Crippen LogP contribution in [0, 0.1) is 10.5 Å². The number of halogens is 2. The van der Waals surface area contributed by atoms with E-state index in [1.807, 2.05) is 48.7 Å². The molecule has 0 aliphatic carbocycles. The molecule has 0 aliphatic heterocycles. The molecule has 0 amide bonds. The van der Waals surface area contributed by atoms with Gasteiger partial charge in [-0.25, -0.2) is 0 Å². The topological polar surface area (TPSA) is 17.1 Å². The Morgan fingerprint density at radius 1 is 1.15 bits per heavy atom. The molecule has 0 saturated carbocycles. The first-order valence-corrected chi connectivity index (χ1v) is 8.80. The van der Waals surface area contributed by atoms with Gasteiger partial charge in [-0.2, -0.15) is 0 Å². The number of benzene rings is 2. The van der Waals surface area contributed by atoms with Crippen molar-refractivity contribution in [3.05, 3.63) is 66.5 Å². The van der Waals surface area contributed by atoms with Crippen LogP contribution in [0.2, 0.25) is 0 Å². The summed E-state index contributed by atoms with van der Waals surface area (Å²) in [4.78, 5) is 12.8. The average molecular weight is 457 g/mol. The highest BCUT2D eigenvalue weighted by Crippen LogP contribution is 2.34. The van der Waals surface area contributed by atoms with Crippen LogP contribution in [-0.2, 0) is 0 Å². The molecule has 0 bridgehead atoms. The second kappa shape index (κ2) is 5.58. The summed E-state index contributed by atoms with van der Waals surface area (Å²) >= 11 is 7.39. The SMILES string of the molecule is Cc1cccc(C(=O)c2csc3c(Br)cccc23)c1I. The van der Waals surface area contributed by atoms with Gasteiger partial charge in [-0.05, 0) is 63.1 Å². The number of thiophene rings is 1. The zero-order chi connectivity index (χ0) is 14.3. The van der Waals surface area contributed by atoms with Gasteiger partial charge in [0, 0.05) is 34.6 Å². The molecule has 20 heavy (non-hydrogen) atoms. The average Bonchev–Trinajstić information content (AvgIpc) is 2.86. The van der Waals surface area contributed by atoms with Crippen molar-refractivity contribution < 1.29 is 4.79 Å². The molecule has 1 nitrogen and oxygen atoms in total. The van der Waals surface area contributed by atoms with Gasteiger partial charge in [0.05, 0.1) is 0 Å². The third-order valence-corrected chi connectivity index (χ3v) is 6.62. The highest BCUT2D eigenvalue weighted by atomic mass is 127. The van der Waals surface area contributed by atoms with Crippen molar-refractivity contribution in [1.82, 2.24) is 0 Å². The number of rotatable bonds is 2. The molecule has 0 saturated heterocycles. The van der Waals surface area contributed by atoms with Crippen LogP contribution >= 0.6 is 49.9 Å². The van der Waals surface area contributed by atoms with Crippen LogP contribution in [0.1, 0.15) is 21.5 Å². The summed E-state index contributed by atoms with van der Waals surface area (Å²) in [5.74, 6) is 0.0995. The van der Waals surface area contributed by atoms with Gasteiger partial charge in [-0.15, -0.1) is 11.3 Å². The molecule has 0 atom stereocenters. The van der Waals surface area contributed by atoms with E-state index < -0.39 is 0 Å². The number of fused-ring (bicyclic) bond motifs is 1. The molecule has 3 aromatic rings. The van der Waals surface area contributed by atoms with Gasteiger partial charge < -0.3 is 0 Å². The second-order valence-electron chi connectivity index (χ2n) is 4.53. The Morgan fingerprint density at radius 2 is 1.90 bits per heavy atom. The maximum absolute atomic E-state index is 12.8. The molecule has 100 valence electrons. The standard InChI is InChI=1S/C16H10BrIOS/c1-9-4-2-6-11(14(9)18)15(19)12-8-20-16-10(12)5-3-7-13(16)17/h2-8H,1H3. The van der Waals surface area contributed by atoms with E-state index in [1.165, 1.54) is 0 Å². The Kier molecular flexibility index (Phi) is 3.97. The number of carbonyl (C=O) groups is 1. The number of carbonyl (C=O) groups excluding carboxylic acids is 1. The quantitative estimate of drug-likeness (QED) is 0.351. The van der Waals surface area contributed by atoms with E-state index in [0.29, 0.717) is 0 Å². The summed E-state index contributed by atoms with van der Waals surface area (Å²) in [6.45, 7) is 2.03. The second-order valence-corrected chi connectivity index (χ2v) is 7.34. The molecule has 0 fully saturated rings. The third kappa shape index (κ3) is 2.34. The summed E-state index contributed by atoms with van der Waals surface area (Å²) in [5, 5.41) is 2.97. The van der Waals surface area contributed by atoms with E-state index in [4.69, 9.17) is 0 Å². The molecule has 4 heteroatoms. The van der Waals surface area contributed by atoms with Crippen LogP contribution in [0.25, 0.3) is 10.1 Å². The fraction of sp³-hybridized carbons (Fsp3) is 0.0625. The summed E-state index contributed by atoms with van der Waals surface area (Å²) in [6, 6.07) is 11.8. The first kappa shape index (κ1) is 14.2. The minimum atomic E-state index is 0.0995. The van der Waals surface area contributed by atoms with Gasteiger partial charge >= 0.3 is 0 Å². The summed E-state index contributed by atoms with van der Waals surface area (Å²) in [6.07, 6.45) is 0. The number of hydrogen-bond donors (Lipinski definition) is 0. The molecule has 1 aromatic heterocycles. The molecule has 3 rings (SSSR count). The van der Waals surface area contributed by atoms with Gasteiger partial charge in [0.1, 0.15) is 0 Å². The largest absolute Gasteiger partial charge is 0.289 e. The van der Waals surface area contributed by atoms with E-state index >= 15 is 0 Å². The summed E-state index contributed by atoms with van der Waals surface area (Å²) in [7, 11) is 0. The third-order valence-electron chi connectivity index (χ3n) is 3.23. The van der Waals surface area contributed by atoms with E-state index in [1.54, 1.807) is 11.3 Å². The maximum Gasteiger partial charge on any atom is 0.195 e. The molecule has 1 heterocycles. The van der Waals surface area contributed by atoms with E-state index in [-0.39, 0.29) is 5.78 Å². The number of hydrogen-bond acceptors (Lipinski definition) is 2. The zero-order valence-corrected chi connectivity index (χ0v) is 15.2. The van der Waals surface area contributed by atoms with E-state index in [2.05, 4.69) is 38.5 Å². The minimum Gasteiger partial charge on any atom is -0.289 e. The molecular formula is C16H10BrIOS. The Morgan fingerprint density at radius 3 is 2.70 bits per heavy atom. The summed E-state index contributed by atoms with van der Waals surface area (Å²) < 4.78 is 3.20. The van der Waals surface area contributed by atoms with Crippen molar-refractivity contribution >= 4 is 65.7 Å². The minimum absolute atomic E-state index is 0.0995. The monoisotopic (exact) mass is 456 g/mol. The van der Waals surface area contributed by atoms with Gasteiger partial charge in [0.25, 0.3) is 0 Å². The van der Waals surface area contributed by atoms with Gasteiger partial charge in [-0.1, -0.05) is 24.3 Å². The predicted molar refractivity (Wildman–Crippen MR) is 96.9 cm³/mol. The smallest absolute Gasteiger partial charge is 0.195 e. The number of aryl methyl sites for hydroxylation is 1. The molecule has 0 aliphatic rings. The molecule has 0 unspecified atom stereocenters. The van der Waals surface area contributed by atoms with Gasteiger partial charge in [-0.3, -0.25) is 4.79 Å². The lowest BCUT2D eigenvalue weighted by Crippen LogP contribution is -2.04. The summed E-state index contributed by atoms with van der Waals surface area (Å²) in [5.41, 5.74) is 2.71. The first-order chi connectivity index (χ1) is 9.59. The molecule has 0 N–H and O–H groups in total. The highest BCUT2D eigenvalue weighted by molar-refractivity contribution is 14.1. The lowest BCUT2D eigenvalue weighted by Gasteiger charge is -2.05. The van der Waals surface area contributed by atoms with Crippen molar-refractivity contribution in [3.8, 4) is 0 Å². The zero-order valence-electron chi connectivity index (χ0n) is 10.6. The fourth-order valence-electron chi connectivity index (χ4n) is 2.17. The van der Waals surface area contributed by atoms with E-state index in [9.17, 15) is 4.79 Å². The van der Waals surface area contributed by atoms with Crippen molar-refractivity contribution in [2.75, 3.05) is 0 Å². The Balaban J connectivity index is 2.18. The van der Waals surface area contributed by atoms with Gasteiger partial charge in [0.2, 0.25) is 0 Å².